The lowest BCUT2D eigenvalue weighted by molar-refractivity contribution is 1.09. The van der Waals surface area contributed by atoms with Crippen molar-refractivity contribution in [2.24, 2.45) is 0 Å². The zero-order valence-corrected chi connectivity index (χ0v) is 48.7. The van der Waals surface area contributed by atoms with Gasteiger partial charge in [0.25, 0.3) is 0 Å². The summed E-state index contributed by atoms with van der Waals surface area (Å²) in [6, 6.07) is 87.4. The minimum absolute atomic E-state index is 0.557. The molecule has 0 bridgehead atoms. The first kappa shape index (κ1) is 51.8. The summed E-state index contributed by atoms with van der Waals surface area (Å²) < 4.78 is 4.88. The molecule has 11 aromatic carbocycles. The van der Waals surface area contributed by atoms with E-state index in [0.717, 1.165) is 111 Å². The number of aromatic nitrogens is 3. The third-order valence-electron chi connectivity index (χ3n) is 16.7. The Kier molecular flexibility index (Phi) is 12.7. The molecule has 84 heavy (non-hydrogen) atoms. The van der Waals surface area contributed by atoms with E-state index >= 15 is 0 Å². The molecule has 0 aliphatic carbocycles. The number of hydrogen-bond acceptors (Lipinski definition) is 2. The molecule has 0 spiro atoms. The van der Waals surface area contributed by atoms with Gasteiger partial charge in [-0.1, -0.05) is 202 Å². The van der Waals surface area contributed by atoms with Crippen molar-refractivity contribution in [3.8, 4) is 95.6 Å². The topological polar surface area (TPSA) is 46.5 Å². The molecule has 14 rings (SSSR count). The average molecular weight is 1080 g/mol. The standard InChI is InChI=1S/C80H62N4/c1-48-27-49(2)32-62(31-48)58-19-23-75-69(39-58)70-40-59(63-33-50(3)28-51(4)34-63)20-24-76(70)83(75)79-45-67(47-81)68(66-43-73(56-15-11-9-12-16-56)82-74(44-66)57-17-13-10-14-18-57)46-80(79)84-77-25-21-60(64-35-52(5)29-53(6)36-64)41-71(77)72-42-61(22-26-78(72)84)65-37-54(7)30-55(8)38-65/h9-46H,1-8H3. The smallest absolute Gasteiger partial charge is 0.0998 e. The number of aryl methyl sites for hydroxylation is 8. The molecule has 0 fully saturated rings. The molecule has 0 aliphatic rings. The minimum Gasteiger partial charge on any atom is -0.307 e. The fourth-order valence-electron chi connectivity index (χ4n) is 13.3. The Morgan fingerprint density at radius 1 is 0.274 bits per heavy atom. The fourth-order valence-corrected chi connectivity index (χ4v) is 13.3. The molecule has 0 N–H and O–H groups in total. The molecule has 0 aliphatic heterocycles. The zero-order valence-electron chi connectivity index (χ0n) is 48.7. The van der Waals surface area contributed by atoms with Crippen LogP contribution in [0, 0.1) is 66.7 Å². The first-order chi connectivity index (χ1) is 40.8. The van der Waals surface area contributed by atoms with Gasteiger partial charge in [-0.2, -0.15) is 5.26 Å². The monoisotopic (exact) mass is 1080 g/mol. The number of benzene rings is 11. The van der Waals surface area contributed by atoms with E-state index in [9.17, 15) is 5.26 Å². The highest BCUT2D eigenvalue weighted by Crippen LogP contribution is 2.45. The van der Waals surface area contributed by atoms with Crippen LogP contribution in [0.3, 0.4) is 0 Å². The van der Waals surface area contributed by atoms with Gasteiger partial charge in [0.15, 0.2) is 0 Å². The Bertz CT molecular complexity index is 4690. The van der Waals surface area contributed by atoms with Crippen LogP contribution < -0.4 is 0 Å². The van der Waals surface area contributed by atoms with Crippen LogP contribution in [0.2, 0.25) is 0 Å². The molecule has 0 atom stereocenters. The van der Waals surface area contributed by atoms with Gasteiger partial charge in [0.05, 0.1) is 56.5 Å². The summed E-state index contributed by atoms with van der Waals surface area (Å²) in [6.45, 7) is 17.4. The highest BCUT2D eigenvalue weighted by Gasteiger charge is 2.25. The van der Waals surface area contributed by atoms with Crippen molar-refractivity contribution in [2.75, 3.05) is 0 Å². The Hall–Kier alpha value is -10.3. The van der Waals surface area contributed by atoms with Crippen LogP contribution in [0.4, 0.5) is 0 Å². The van der Waals surface area contributed by atoms with Crippen LogP contribution in [-0.2, 0) is 0 Å². The maximum absolute atomic E-state index is 11.8. The van der Waals surface area contributed by atoms with E-state index in [1.54, 1.807) is 0 Å². The van der Waals surface area contributed by atoms with Crippen LogP contribution in [0.15, 0.2) is 231 Å². The van der Waals surface area contributed by atoms with E-state index in [-0.39, 0.29) is 0 Å². The summed E-state index contributed by atoms with van der Waals surface area (Å²) in [4.78, 5) is 5.31. The second-order valence-corrected chi connectivity index (χ2v) is 23.5. The molecule has 4 nitrogen and oxygen atoms in total. The normalized spacial score (nSPS) is 11.6. The average Bonchev–Trinajstić information content (AvgIpc) is 2.13. The summed E-state index contributed by atoms with van der Waals surface area (Å²) in [5.74, 6) is 0. The number of nitrogens with zero attached hydrogens (tertiary/aromatic N) is 4. The maximum atomic E-state index is 11.8. The van der Waals surface area contributed by atoms with Gasteiger partial charge in [0.2, 0.25) is 0 Å². The van der Waals surface area contributed by atoms with E-state index < -0.39 is 0 Å². The van der Waals surface area contributed by atoms with Gasteiger partial charge in [-0.25, -0.2) is 4.98 Å². The summed E-state index contributed by atoms with van der Waals surface area (Å²) in [5.41, 5.74) is 31.2. The van der Waals surface area contributed by atoms with Crippen LogP contribution in [-0.4, -0.2) is 14.1 Å². The molecule has 4 heteroatoms. The lowest BCUT2D eigenvalue weighted by atomic mass is 9.95. The largest absolute Gasteiger partial charge is 0.307 e. The van der Waals surface area contributed by atoms with Gasteiger partial charge < -0.3 is 9.13 Å². The molecule has 0 unspecified atom stereocenters. The van der Waals surface area contributed by atoms with Gasteiger partial charge >= 0.3 is 0 Å². The summed E-state index contributed by atoms with van der Waals surface area (Å²) in [5, 5.41) is 16.3. The SMILES string of the molecule is Cc1cc(C)cc(-c2ccc3c(c2)c2cc(-c4cc(C)cc(C)c4)ccc2n3-c2cc(C#N)c(-c3cc(-c4ccccc4)nc(-c4ccccc4)c3)cc2-n2c3ccc(-c4cc(C)cc(C)c4)cc3c3cc(-c4cc(C)cc(C)c4)ccc32)c1. The third-order valence-corrected chi connectivity index (χ3v) is 16.7. The molecular formula is C80H62N4. The molecule has 3 aromatic heterocycles. The zero-order chi connectivity index (χ0) is 57.5. The van der Waals surface area contributed by atoms with E-state index in [1.165, 1.54) is 66.8 Å². The first-order valence-electron chi connectivity index (χ1n) is 29.0. The molecule has 0 radical (unpaired) electrons. The van der Waals surface area contributed by atoms with Gasteiger partial charge in [-0.3, -0.25) is 0 Å². The van der Waals surface area contributed by atoms with Crippen LogP contribution in [0.5, 0.6) is 0 Å². The van der Waals surface area contributed by atoms with Crippen LogP contribution in [0.1, 0.15) is 50.1 Å². The molecule has 402 valence electrons. The second kappa shape index (κ2) is 20.6. The lowest BCUT2D eigenvalue weighted by Gasteiger charge is -2.20. The van der Waals surface area contributed by atoms with E-state index in [4.69, 9.17) is 4.98 Å². The van der Waals surface area contributed by atoms with E-state index in [0.29, 0.717) is 5.56 Å². The van der Waals surface area contributed by atoms with Gasteiger partial charge in [-0.15, -0.1) is 0 Å². The van der Waals surface area contributed by atoms with Crippen molar-refractivity contribution in [1.29, 1.82) is 5.26 Å². The number of fused-ring (bicyclic) bond motifs is 6. The highest BCUT2D eigenvalue weighted by atomic mass is 15.1. The highest BCUT2D eigenvalue weighted by molar-refractivity contribution is 6.14. The first-order valence-corrected chi connectivity index (χ1v) is 29.0. The van der Waals surface area contributed by atoms with Crippen molar-refractivity contribution < 1.29 is 0 Å². The quantitative estimate of drug-likeness (QED) is 0.145. The lowest BCUT2D eigenvalue weighted by Crippen LogP contribution is -2.06. The van der Waals surface area contributed by atoms with Crippen LogP contribution >= 0.6 is 0 Å². The minimum atomic E-state index is 0.557. The van der Waals surface area contributed by atoms with E-state index in [1.807, 2.05) is 12.1 Å². The number of pyridine rings is 1. The molecule has 0 saturated carbocycles. The second-order valence-electron chi connectivity index (χ2n) is 23.5. The summed E-state index contributed by atoms with van der Waals surface area (Å²) in [7, 11) is 0. The van der Waals surface area contributed by atoms with E-state index in [2.05, 4.69) is 289 Å². The van der Waals surface area contributed by atoms with Crippen molar-refractivity contribution in [3.05, 3.63) is 281 Å². The van der Waals surface area contributed by atoms with Gasteiger partial charge in [0.1, 0.15) is 0 Å². The summed E-state index contributed by atoms with van der Waals surface area (Å²) >= 11 is 0. The Labute approximate surface area is 491 Å². The third kappa shape index (κ3) is 9.35. The van der Waals surface area contributed by atoms with Crippen molar-refractivity contribution in [2.45, 2.75) is 55.4 Å². The van der Waals surface area contributed by atoms with Crippen molar-refractivity contribution in [3.63, 3.8) is 0 Å². The Balaban J connectivity index is 1.12. The van der Waals surface area contributed by atoms with Crippen molar-refractivity contribution >= 4 is 43.6 Å². The Morgan fingerprint density at radius 3 is 0.869 bits per heavy atom. The fraction of sp³-hybridized carbons (Fsp3) is 0.100. The number of rotatable bonds is 9. The predicted molar refractivity (Wildman–Crippen MR) is 354 cm³/mol. The molecule has 0 amide bonds. The molecular weight excluding hydrogens is 1020 g/mol. The van der Waals surface area contributed by atoms with Gasteiger partial charge in [0, 0.05) is 38.2 Å². The molecule has 14 aromatic rings. The van der Waals surface area contributed by atoms with Crippen molar-refractivity contribution in [1.82, 2.24) is 14.1 Å². The molecule has 3 heterocycles. The predicted octanol–water partition coefficient (Wildman–Crippen LogP) is 21.3. The van der Waals surface area contributed by atoms with Crippen LogP contribution in [0.25, 0.3) is 133 Å². The van der Waals surface area contributed by atoms with Gasteiger partial charge in [-0.05, 0) is 178 Å². The maximum Gasteiger partial charge on any atom is 0.0998 e. The Morgan fingerprint density at radius 2 is 0.571 bits per heavy atom. The summed E-state index contributed by atoms with van der Waals surface area (Å²) in [6.07, 6.45) is 0. The number of nitriles is 1. The molecule has 0 saturated heterocycles. The number of hydrogen-bond donors (Lipinski definition) is 0.